The maximum absolute atomic E-state index is 13.0. The van der Waals surface area contributed by atoms with E-state index in [-0.39, 0.29) is 32.2 Å². The van der Waals surface area contributed by atoms with Gasteiger partial charge in [0.1, 0.15) is 13.2 Å². The SMILES string of the molecule is CCCCCCC/C=C\C/C=C\CCCCCCCCCCCCCCCCCCCCCCCCCCCCCC(=O)OC(COC(=O)CCCCCCCCCCCCCCCCCCCCCCCCCCCCCC)COC(OCC[N+](C)(C)C)C(=O)[O-]. The van der Waals surface area contributed by atoms with Gasteiger partial charge in [0.25, 0.3) is 0 Å². The van der Waals surface area contributed by atoms with Crippen LogP contribution in [0.3, 0.4) is 0 Å². The fraction of sp³-hybridized carbons (Fsp3) is 0.916. The van der Waals surface area contributed by atoms with Crippen LogP contribution in [0.2, 0.25) is 0 Å². The van der Waals surface area contributed by atoms with E-state index in [0.717, 1.165) is 44.9 Å². The number of hydrogen-bond donors (Lipinski definition) is 0. The van der Waals surface area contributed by atoms with Gasteiger partial charge < -0.3 is 33.3 Å². The molecule has 9 nitrogen and oxygen atoms in total. The summed E-state index contributed by atoms with van der Waals surface area (Å²) in [5.74, 6) is -2.24. The quantitative estimate of drug-likeness (QED) is 0.0195. The zero-order valence-corrected chi connectivity index (χ0v) is 62.5. The van der Waals surface area contributed by atoms with Crippen LogP contribution in [0.5, 0.6) is 0 Å². The third-order valence-electron chi connectivity index (χ3n) is 19.0. The number of carboxylic acids is 1. The number of esters is 2. The highest BCUT2D eigenvalue weighted by atomic mass is 16.7. The first kappa shape index (κ1) is 89.8. The van der Waals surface area contributed by atoms with Crippen molar-refractivity contribution in [2.75, 3.05) is 47.5 Å². The van der Waals surface area contributed by atoms with Crippen molar-refractivity contribution in [2.24, 2.45) is 0 Å². The van der Waals surface area contributed by atoms with Gasteiger partial charge in [-0.25, -0.2) is 0 Å². The number of hydrogen-bond acceptors (Lipinski definition) is 8. The van der Waals surface area contributed by atoms with Gasteiger partial charge >= 0.3 is 11.9 Å². The lowest BCUT2D eigenvalue weighted by Gasteiger charge is -2.26. The number of rotatable bonds is 78. The summed E-state index contributed by atoms with van der Waals surface area (Å²) >= 11 is 0. The summed E-state index contributed by atoms with van der Waals surface area (Å²) in [5.41, 5.74) is 0. The molecule has 2 atom stereocenters. The third-order valence-corrected chi connectivity index (χ3v) is 19.0. The number of likely N-dealkylation sites (N-methyl/N-ethyl adjacent to an activating group) is 1. The molecule has 0 aromatic carbocycles. The minimum Gasteiger partial charge on any atom is -0.545 e. The molecule has 9 heteroatoms. The normalized spacial score (nSPS) is 12.7. The Morgan fingerprint density at radius 1 is 0.326 bits per heavy atom. The van der Waals surface area contributed by atoms with Crippen molar-refractivity contribution in [2.45, 2.75) is 444 Å². The molecule has 2 unspecified atom stereocenters. The number of nitrogens with zero attached hydrogens (tertiary/aromatic N) is 1. The predicted molar refractivity (Wildman–Crippen MR) is 394 cm³/mol. The van der Waals surface area contributed by atoms with Crippen LogP contribution in [0.25, 0.3) is 0 Å². The molecule has 0 aliphatic heterocycles. The molecule has 0 aliphatic rings. The molecule has 0 amide bonds. The monoisotopic (exact) mass is 1300 g/mol. The molecule has 544 valence electrons. The Morgan fingerprint density at radius 3 is 0.859 bits per heavy atom. The van der Waals surface area contributed by atoms with E-state index in [4.69, 9.17) is 18.9 Å². The van der Waals surface area contributed by atoms with Crippen molar-refractivity contribution in [3.8, 4) is 0 Å². The van der Waals surface area contributed by atoms with Crippen molar-refractivity contribution in [3.63, 3.8) is 0 Å². The average Bonchev–Trinajstić information content (AvgIpc) is 3.75. The summed E-state index contributed by atoms with van der Waals surface area (Å²) in [5, 5.41) is 11.9. The lowest BCUT2D eigenvalue weighted by molar-refractivity contribution is -0.870. The molecule has 0 radical (unpaired) electrons. The number of allylic oxidation sites excluding steroid dienone is 4. The van der Waals surface area contributed by atoms with Gasteiger partial charge in [-0.2, -0.15) is 0 Å². The Hall–Kier alpha value is -2.23. The molecule has 0 aliphatic carbocycles. The van der Waals surface area contributed by atoms with Crippen LogP contribution in [0.15, 0.2) is 24.3 Å². The van der Waals surface area contributed by atoms with Crippen molar-refractivity contribution in [1.29, 1.82) is 0 Å². The zero-order valence-electron chi connectivity index (χ0n) is 62.5. The van der Waals surface area contributed by atoms with E-state index in [0.29, 0.717) is 17.4 Å². The molecule has 0 heterocycles. The van der Waals surface area contributed by atoms with E-state index in [1.165, 1.54) is 360 Å². The second-order valence-corrected chi connectivity index (χ2v) is 29.4. The number of unbranched alkanes of at least 4 members (excludes halogenated alkanes) is 59. The molecule has 0 rings (SSSR count). The molecule has 0 aromatic heterocycles. The molecular formula is C83H159NO8. The number of quaternary nitrogens is 1. The summed E-state index contributed by atoms with van der Waals surface area (Å²) in [4.78, 5) is 37.6. The number of carbonyl (C=O) groups excluding carboxylic acids is 3. The van der Waals surface area contributed by atoms with E-state index < -0.39 is 24.3 Å². The molecule has 0 aromatic rings. The summed E-state index contributed by atoms with van der Waals surface area (Å²) in [6.07, 6.45) is 91.8. The first-order chi connectivity index (χ1) is 45.1. The van der Waals surface area contributed by atoms with E-state index in [9.17, 15) is 19.5 Å². The minimum absolute atomic E-state index is 0.153. The summed E-state index contributed by atoms with van der Waals surface area (Å²) in [7, 11) is 5.96. The Labute approximate surface area is 573 Å². The summed E-state index contributed by atoms with van der Waals surface area (Å²) in [6, 6.07) is 0. The Bertz CT molecular complexity index is 1560. The van der Waals surface area contributed by atoms with Crippen molar-refractivity contribution >= 4 is 17.9 Å². The molecule has 0 spiro atoms. The fourth-order valence-electron chi connectivity index (χ4n) is 12.7. The van der Waals surface area contributed by atoms with Gasteiger partial charge in [0, 0.05) is 12.8 Å². The number of aliphatic carboxylic acids is 1. The average molecular weight is 1300 g/mol. The fourth-order valence-corrected chi connectivity index (χ4v) is 12.7. The molecule has 0 fully saturated rings. The predicted octanol–water partition coefficient (Wildman–Crippen LogP) is 24.8. The zero-order chi connectivity index (χ0) is 66.8. The van der Waals surface area contributed by atoms with E-state index in [1.807, 2.05) is 21.1 Å². The highest BCUT2D eigenvalue weighted by Gasteiger charge is 2.22. The van der Waals surface area contributed by atoms with Gasteiger partial charge in [-0.1, -0.05) is 398 Å². The molecule has 0 N–H and O–H groups in total. The van der Waals surface area contributed by atoms with Gasteiger partial charge in [-0.05, 0) is 44.9 Å². The third kappa shape index (κ3) is 75.2. The van der Waals surface area contributed by atoms with Crippen molar-refractivity contribution in [1.82, 2.24) is 0 Å². The largest absolute Gasteiger partial charge is 0.545 e. The van der Waals surface area contributed by atoms with Crippen LogP contribution < -0.4 is 5.11 Å². The lowest BCUT2D eigenvalue weighted by atomic mass is 10.0. The Kier molecular flexibility index (Phi) is 72.8. The van der Waals surface area contributed by atoms with Crippen LogP contribution in [0, 0.1) is 0 Å². The minimum atomic E-state index is -1.62. The standard InChI is InChI=1S/C83H159NO8/c1-6-8-10-12-14-16-18-20-22-24-26-28-30-32-34-36-37-38-39-40-41-42-43-44-45-46-48-50-52-54-56-58-60-62-64-66-68-70-72-74-81(86)92-79(78-91-83(82(87)88)89-76-75-84(3,4)5)77-90-80(85)73-71-69-67-65-63-61-59-57-55-53-51-49-47-35-33-31-29-27-25-23-21-19-17-15-13-11-9-7-2/h18,20,24,26,79,83H,6-17,19,21-23,25,27-78H2,1-5H3/b20-18-,26-24-. The maximum Gasteiger partial charge on any atom is 0.306 e. The van der Waals surface area contributed by atoms with Gasteiger partial charge in [-0.15, -0.1) is 0 Å². The second kappa shape index (κ2) is 74.6. The Balaban J connectivity index is 3.93. The molecule has 0 bridgehead atoms. The molecule has 0 saturated heterocycles. The first-order valence-electron chi connectivity index (χ1n) is 41.0. The number of carbonyl (C=O) groups is 3. The van der Waals surface area contributed by atoms with E-state index >= 15 is 0 Å². The molecule has 92 heavy (non-hydrogen) atoms. The maximum atomic E-state index is 13.0. The van der Waals surface area contributed by atoms with Gasteiger partial charge in [0.15, 0.2) is 12.4 Å². The van der Waals surface area contributed by atoms with Gasteiger partial charge in [0.05, 0.1) is 40.3 Å². The number of carboxylic acid groups (broad SMARTS) is 1. The Morgan fingerprint density at radius 2 is 0.587 bits per heavy atom. The number of ether oxygens (including phenoxy) is 4. The van der Waals surface area contributed by atoms with Crippen LogP contribution in [0.1, 0.15) is 431 Å². The molecular weight excluding hydrogens is 1140 g/mol. The lowest BCUT2D eigenvalue weighted by Crippen LogP contribution is -2.44. The van der Waals surface area contributed by atoms with E-state index in [1.54, 1.807) is 0 Å². The van der Waals surface area contributed by atoms with Crippen LogP contribution in [-0.2, 0) is 33.3 Å². The second-order valence-electron chi connectivity index (χ2n) is 29.4. The van der Waals surface area contributed by atoms with Crippen LogP contribution >= 0.6 is 0 Å². The topological polar surface area (TPSA) is 111 Å². The first-order valence-corrected chi connectivity index (χ1v) is 41.0. The van der Waals surface area contributed by atoms with Crippen molar-refractivity contribution in [3.05, 3.63) is 24.3 Å². The smallest absolute Gasteiger partial charge is 0.306 e. The van der Waals surface area contributed by atoms with Gasteiger partial charge in [0.2, 0.25) is 0 Å². The van der Waals surface area contributed by atoms with Gasteiger partial charge in [-0.3, -0.25) is 9.59 Å². The highest BCUT2D eigenvalue weighted by molar-refractivity contribution is 5.70. The van der Waals surface area contributed by atoms with E-state index in [2.05, 4.69) is 38.2 Å². The van der Waals surface area contributed by atoms with Crippen LogP contribution in [-0.4, -0.2) is 82.3 Å². The highest BCUT2D eigenvalue weighted by Crippen LogP contribution is 2.20. The van der Waals surface area contributed by atoms with Crippen molar-refractivity contribution < 1.29 is 42.9 Å². The van der Waals surface area contributed by atoms with Crippen LogP contribution in [0.4, 0.5) is 0 Å². The summed E-state index contributed by atoms with van der Waals surface area (Å²) < 4.78 is 22.9. The molecule has 0 saturated carbocycles. The summed E-state index contributed by atoms with van der Waals surface area (Å²) in [6.45, 7) is 4.83.